The normalized spacial score (nSPS) is 17.2. The predicted molar refractivity (Wildman–Crippen MR) is 118 cm³/mol. The molecule has 0 aliphatic carbocycles. The van der Waals surface area contributed by atoms with Crippen molar-refractivity contribution in [3.8, 4) is 11.5 Å². The number of likely N-dealkylation sites (N-methyl/N-ethyl adjacent to an activating group) is 1. The Morgan fingerprint density at radius 3 is 2.44 bits per heavy atom. The van der Waals surface area contributed by atoms with Crippen molar-refractivity contribution >= 4 is 21.8 Å². The first-order valence-corrected chi connectivity index (χ1v) is 12.4. The number of nitrogens with zero attached hydrogens (tertiary/aromatic N) is 3. The van der Waals surface area contributed by atoms with Crippen LogP contribution in [0.2, 0.25) is 0 Å². The molecular formula is C21H32N4O6S. The third-order valence-corrected chi connectivity index (χ3v) is 7.23. The van der Waals surface area contributed by atoms with E-state index in [9.17, 15) is 18.0 Å². The van der Waals surface area contributed by atoms with E-state index in [2.05, 4.69) is 5.32 Å². The quantitative estimate of drug-likeness (QED) is 0.578. The molecular weight excluding hydrogens is 436 g/mol. The fourth-order valence-electron chi connectivity index (χ4n) is 3.58. The number of piperazine rings is 1. The Bertz CT molecular complexity index is 915. The van der Waals surface area contributed by atoms with Gasteiger partial charge in [0.2, 0.25) is 21.8 Å². The minimum absolute atomic E-state index is 0.106. The summed E-state index contributed by atoms with van der Waals surface area (Å²) >= 11 is 0. The van der Waals surface area contributed by atoms with Crippen LogP contribution in [0.1, 0.15) is 19.8 Å². The van der Waals surface area contributed by atoms with Gasteiger partial charge >= 0.3 is 0 Å². The molecule has 0 atom stereocenters. The van der Waals surface area contributed by atoms with Gasteiger partial charge in [0.15, 0.2) is 11.5 Å². The van der Waals surface area contributed by atoms with E-state index < -0.39 is 10.0 Å². The Kier molecular flexibility index (Phi) is 8.32. The SMILES string of the molecule is CCCNC(=O)CN(C)CC(=O)N1CCN(S(=O)(=O)c2ccc3c(c2)OCCCO3)CC1. The van der Waals surface area contributed by atoms with E-state index in [-0.39, 0.29) is 42.9 Å². The third-order valence-electron chi connectivity index (χ3n) is 5.34. The van der Waals surface area contributed by atoms with Crippen molar-refractivity contribution in [2.75, 3.05) is 66.1 Å². The van der Waals surface area contributed by atoms with Crippen molar-refractivity contribution in [1.82, 2.24) is 19.4 Å². The molecule has 32 heavy (non-hydrogen) atoms. The number of hydrogen-bond acceptors (Lipinski definition) is 7. The zero-order chi connectivity index (χ0) is 23.1. The topological polar surface area (TPSA) is 108 Å². The highest BCUT2D eigenvalue weighted by Gasteiger charge is 2.31. The number of sulfonamides is 1. The summed E-state index contributed by atoms with van der Waals surface area (Å²) in [5, 5.41) is 2.78. The standard InChI is InChI=1S/C21H32N4O6S/c1-3-7-22-20(26)15-23(2)16-21(27)24-8-10-25(11-9-24)32(28,29)17-5-6-18-19(14-17)31-13-4-12-30-18/h5-6,14H,3-4,7-13,15-16H2,1-2H3,(H,22,26). The van der Waals surface area contributed by atoms with Crippen molar-refractivity contribution in [1.29, 1.82) is 0 Å². The second-order valence-corrected chi connectivity index (χ2v) is 9.90. The van der Waals surface area contributed by atoms with Crippen molar-refractivity contribution in [2.45, 2.75) is 24.7 Å². The van der Waals surface area contributed by atoms with Crippen LogP contribution in [0.3, 0.4) is 0 Å². The lowest BCUT2D eigenvalue weighted by molar-refractivity contribution is -0.133. The molecule has 0 unspecified atom stereocenters. The zero-order valence-corrected chi connectivity index (χ0v) is 19.5. The van der Waals surface area contributed by atoms with Crippen molar-refractivity contribution in [2.24, 2.45) is 0 Å². The smallest absolute Gasteiger partial charge is 0.243 e. The van der Waals surface area contributed by atoms with Gasteiger partial charge in [0.1, 0.15) is 0 Å². The van der Waals surface area contributed by atoms with Gasteiger partial charge in [0, 0.05) is 45.2 Å². The number of benzene rings is 1. The third kappa shape index (κ3) is 6.11. The van der Waals surface area contributed by atoms with Crippen LogP contribution in [0.5, 0.6) is 11.5 Å². The predicted octanol–water partition coefficient (Wildman–Crippen LogP) is 0.139. The molecule has 1 saturated heterocycles. The molecule has 0 saturated carbocycles. The van der Waals surface area contributed by atoms with Crippen molar-refractivity contribution < 1.29 is 27.5 Å². The average Bonchev–Trinajstić information content (AvgIpc) is 3.02. The summed E-state index contributed by atoms with van der Waals surface area (Å²) in [6, 6.07) is 4.66. The van der Waals surface area contributed by atoms with Gasteiger partial charge in [-0.2, -0.15) is 4.31 Å². The summed E-state index contributed by atoms with van der Waals surface area (Å²) in [4.78, 5) is 27.8. The first-order chi connectivity index (χ1) is 15.3. The number of carbonyl (C=O) groups excluding carboxylic acids is 2. The molecule has 10 nitrogen and oxygen atoms in total. The Hall–Kier alpha value is -2.37. The zero-order valence-electron chi connectivity index (χ0n) is 18.7. The molecule has 1 aromatic carbocycles. The van der Waals surface area contributed by atoms with E-state index in [1.807, 2.05) is 6.92 Å². The fourth-order valence-corrected chi connectivity index (χ4v) is 5.02. The maximum absolute atomic E-state index is 13.1. The second kappa shape index (κ2) is 11.0. The summed E-state index contributed by atoms with van der Waals surface area (Å²) in [7, 11) is -1.99. The number of nitrogens with one attached hydrogen (secondary N) is 1. The number of amides is 2. The Labute approximate surface area is 189 Å². The van der Waals surface area contributed by atoms with E-state index in [1.165, 1.54) is 16.4 Å². The van der Waals surface area contributed by atoms with Crippen LogP contribution in [0.15, 0.2) is 23.1 Å². The number of rotatable bonds is 8. The first kappa shape index (κ1) is 24.3. The number of fused-ring (bicyclic) bond motifs is 1. The molecule has 0 radical (unpaired) electrons. The van der Waals surface area contributed by atoms with E-state index in [0.717, 1.165) is 12.8 Å². The summed E-state index contributed by atoms with van der Waals surface area (Å²) in [6.45, 7) is 4.88. The summed E-state index contributed by atoms with van der Waals surface area (Å²) in [5.41, 5.74) is 0. The van der Waals surface area contributed by atoms with E-state index in [4.69, 9.17) is 9.47 Å². The van der Waals surface area contributed by atoms with Gasteiger partial charge in [-0.3, -0.25) is 14.5 Å². The molecule has 2 amide bonds. The molecule has 2 aliphatic rings. The molecule has 0 aromatic heterocycles. The molecule has 0 bridgehead atoms. The summed E-state index contributed by atoms with van der Waals surface area (Å²) in [6.07, 6.45) is 1.60. The van der Waals surface area contributed by atoms with Crippen LogP contribution in [0, 0.1) is 0 Å². The number of carbonyl (C=O) groups is 2. The first-order valence-electron chi connectivity index (χ1n) is 10.9. The highest BCUT2D eigenvalue weighted by Crippen LogP contribution is 2.33. The van der Waals surface area contributed by atoms with Gasteiger partial charge in [-0.1, -0.05) is 6.92 Å². The van der Waals surface area contributed by atoms with Gasteiger partial charge in [-0.25, -0.2) is 8.42 Å². The molecule has 11 heteroatoms. The highest BCUT2D eigenvalue weighted by molar-refractivity contribution is 7.89. The Balaban J connectivity index is 1.54. The molecule has 2 heterocycles. The lowest BCUT2D eigenvalue weighted by atomic mass is 10.3. The van der Waals surface area contributed by atoms with Crippen LogP contribution in [-0.2, 0) is 19.6 Å². The van der Waals surface area contributed by atoms with Crippen molar-refractivity contribution in [3.63, 3.8) is 0 Å². The lowest BCUT2D eigenvalue weighted by Gasteiger charge is -2.34. The van der Waals surface area contributed by atoms with E-state index in [0.29, 0.717) is 44.3 Å². The molecule has 1 N–H and O–H groups in total. The van der Waals surface area contributed by atoms with Gasteiger partial charge in [-0.05, 0) is 25.6 Å². The average molecular weight is 469 g/mol. The Morgan fingerprint density at radius 2 is 1.75 bits per heavy atom. The fraction of sp³-hybridized carbons (Fsp3) is 0.619. The molecule has 178 valence electrons. The molecule has 0 spiro atoms. The van der Waals surface area contributed by atoms with Gasteiger partial charge in [-0.15, -0.1) is 0 Å². The maximum atomic E-state index is 13.1. The summed E-state index contributed by atoms with van der Waals surface area (Å²) < 4.78 is 38.8. The lowest BCUT2D eigenvalue weighted by Crippen LogP contribution is -2.52. The molecule has 3 rings (SSSR count). The highest BCUT2D eigenvalue weighted by atomic mass is 32.2. The maximum Gasteiger partial charge on any atom is 0.243 e. The molecule has 1 fully saturated rings. The van der Waals surface area contributed by atoms with E-state index >= 15 is 0 Å². The Morgan fingerprint density at radius 1 is 1.06 bits per heavy atom. The molecule has 2 aliphatic heterocycles. The molecule has 1 aromatic rings. The second-order valence-electron chi connectivity index (χ2n) is 7.97. The minimum Gasteiger partial charge on any atom is -0.490 e. The van der Waals surface area contributed by atoms with E-state index in [1.54, 1.807) is 22.9 Å². The van der Waals surface area contributed by atoms with Crippen LogP contribution >= 0.6 is 0 Å². The number of ether oxygens (including phenoxy) is 2. The van der Waals surface area contributed by atoms with Gasteiger partial charge in [0.25, 0.3) is 0 Å². The van der Waals surface area contributed by atoms with Gasteiger partial charge < -0.3 is 19.7 Å². The van der Waals surface area contributed by atoms with Gasteiger partial charge in [0.05, 0.1) is 31.2 Å². The number of hydrogen-bond donors (Lipinski definition) is 1. The summed E-state index contributed by atoms with van der Waals surface area (Å²) in [5.74, 6) is 0.740. The van der Waals surface area contributed by atoms with Crippen LogP contribution in [0.25, 0.3) is 0 Å². The van der Waals surface area contributed by atoms with Crippen LogP contribution < -0.4 is 14.8 Å². The van der Waals surface area contributed by atoms with Crippen LogP contribution in [-0.4, -0.2) is 100 Å². The van der Waals surface area contributed by atoms with Crippen LogP contribution in [0.4, 0.5) is 0 Å². The minimum atomic E-state index is -3.71. The largest absolute Gasteiger partial charge is 0.490 e. The monoisotopic (exact) mass is 468 g/mol. The van der Waals surface area contributed by atoms with Crippen molar-refractivity contribution in [3.05, 3.63) is 18.2 Å².